The maximum Gasteiger partial charge on any atom is 0.159 e. The standard InChI is InChI=1S/C116H109NO3/c1-5-9-13-17-41-70-113(71-42-18-14-10-6-2)93-59-37-33-55-87(93)106-107-90-57-36-40-63-102(90)120-112(107)108-88-67-65-82(74-95(88)114(110(108)109(106)113,72-43-19-15-11-7-3)73-44-20-16-12-8-4)117(99-60-45-58-86-85-54-34-38-61-100(85)119-111(86)99)83-64-66-84-91-76-98-92(77-97(91)116(96(84)75-83,80-50-29-23-30-51-80)81-52-31-24-32-53-81)104-94(68-69-103-105(104)89-56-35-39-62-101(89)118-103)115(98,78-46-25-21-26-47-78)79-48-27-22-28-49-79/h21-40,45-69,74-77H,5-20,41-44,70-73H2,1-4H3. The summed E-state index contributed by atoms with van der Waals surface area (Å²) in [5.74, 6) is 0. The van der Waals surface area contributed by atoms with Crippen LogP contribution in [0.4, 0.5) is 17.1 Å². The fourth-order valence-electron chi connectivity index (χ4n) is 23.8. The van der Waals surface area contributed by atoms with Crippen molar-refractivity contribution in [3.8, 4) is 44.5 Å². The molecular weight excluding hydrogens is 1460 g/mol. The predicted octanol–water partition coefficient (Wildman–Crippen LogP) is 33.6. The Morgan fingerprint density at radius 2 is 0.650 bits per heavy atom. The summed E-state index contributed by atoms with van der Waals surface area (Å²) in [5.41, 5.74) is 33.3. The third kappa shape index (κ3) is 11.7. The van der Waals surface area contributed by atoms with E-state index in [4.69, 9.17) is 13.3 Å². The Kier molecular flexibility index (Phi) is 19.8. The van der Waals surface area contributed by atoms with Gasteiger partial charge in [-0.1, -0.05) is 387 Å². The number of hydrogen-bond acceptors (Lipinski definition) is 4. The van der Waals surface area contributed by atoms with E-state index in [0.29, 0.717) is 0 Å². The highest BCUT2D eigenvalue weighted by atomic mass is 16.3. The van der Waals surface area contributed by atoms with Crippen molar-refractivity contribution >= 4 is 82.9 Å². The van der Waals surface area contributed by atoms with Crippen LogP contribution in [0.1, 0.15) is 249 Å². The van der Waals surface area contributed by atoms with E-state index < -0.39 is 10.8 Å². The quantitative estimate of drug-likeness (QED) is 0.0406. The summed E-state index contributed by atoms with van der Waals surface area (Å²) < 4.78 is 22.2. The van der Waals surface area contributed by atoms with Crippen LogP contribution in [0.15, 0.2) is 311 Å². The van der Waals surface area contributed by atoms with Crippen molar-refractivity contribution in [1.29, 1.82) is 0 Å². The van der Waals surface area contributed by atoms with E-state index in [9.17, 15) is 0 Å². The van der Waals surface area contributed by atoms with Gasteiger partial charge in [-0.2, -0.15) is 0 Å². The average molecular weight is 1570 g/mol. The highest BCUT2D eigenvalue weighted by molar-refractivity contribution is 6.22. The van der Waals surface area contributed by atoms with Crippen molar-refractivity contribution < 1.29 is 13.3 Å². The van der Waals surface area contributed by atoms with E-state index in [-0.39, 0.29) is 10.8 Å². The zero-order chi connectivity index (χ0) is 80.5. The lowest BCUT2D eigenvalue weighted by atomic mass is 9.62. The van der Waals surface area contributed by atoms with Gasteiger partial charge >= 0.3 is 0 Å². The number of benzene rings is 14. The number of fused-ring (bicyclic) bond motifs is 25. The predicted molar refractivity (Wildman–Crippen MR) is 504 cm³/mol. The fraction of sp³-hybridized carbons (Fsp3) is 0.276. The van der Waals surface area contributed by atoms with Gasteiger partial charge < -0.3 is 18.2 Å². The minimum Gasteiger partial charge on any atom is -0.456 e. The first-order chi connectivity index (χ1) is 59.4. The van der Waals surface area contributed by atoms with Crippen LogP contribution in [0.3, 0.4) is 0 Å². The smallest absolute Gasteiger partial charge is 0.159 e. The maximum absolute atomic E-state index is 7.78. The SMILES string of the molecule is CCCCCCCC1(CCCCCCC)c2cc(N(c3ccc4c(c3)C(c3ccccc3)(c3ccccc3)c3cc5c(cc3-4)C(c3ccccc3)(c3ccccc3)c3ccc4oc6ccccc6c4c3-5)c3cccc4c3oc3ccccc34)ccc2-c2c1c1c(c3c2oc2ccccc23)-c2ccccc2C1(CCCCCCC)CCCCCCC. The van der Waals surface area contributed by atoms with Gasteiger partial charge in [0, 0.05) is 60.1 Å². The molecule has 0 saturated carbocycles. The molecule has 0 spiro atoms. The van der Waals surface area contributed by atoms with Crippen LogP contribution in [0.25, 0.3) is 110 Å². The van der Waals surface area contributed by atoms with Gasteiger partial charge in [-0.15, -0.1) is 0 Å². The van der Waals surface area contributed by atoms with Crippen LogP contribution >= 0.6 is 0 Å². The summed E-state index contributed by atoms with van der Waals surface area (Å²) in [6.07, 6.45) is 29.0. The number of unbranched alkanes of at least 4 members (excludes halogenated alkanes) is 16. The molecule has 0 unspecified atom stereocenters. The minimum absolute atomic E-state index is 0.204. The molecule has 3 aromatic heterocycles. The van der Waals surface area contributed by atoms with Gasteiger partial charge in [-0.3, -0.25) is 0 Å². The topological polar surface area (TPSA) is 42.7 Å². The Balaban J connectivity index is 0.854. The van der Waals surface area contributed by atoms with Gasteiger partial charge in [0.15, 0.2) is 5.58 Å². The number of hydrogen-bond donors (Lipinski definition) is 0. The summed E-state index contributed by atoms with van der Waals surface area (Å²) in [6, 6.07) is 114. The van der Waals surface area contributed by atoms with E-state index in [1.165, 1.54) is 221 Å². The first kappa shape index (κ1) is 75.7. The van der Waals surface area contributed by atoms with Gasteiger partial charge in [0.25, 0.3) is 0 Å². The molecule has 0 saturated heterocycles. The lowest BCUT2D eigenvalue weighted by molar-refractivity contribution is 0.369. The third-order valence-electron chi connectivity index (χ3n) is 29.0. The summed E-state index contributed by atoms with van der Waals surface area (Å²) in [7, 11) is 0. The van der Waals surface area contributed by atoms with Crippen LogP contribution in [0, 0.1) is 0 Å². The molecule has 0 aliphatic heterocycles. The summed E-state index contributed by atoms with van der Waals surface area (Å²) in [4.78, 5) is 2.63. The molecule has 0 fully saturated rings. The monoisotopic (exact) mass is 1560 g/mol. The summed E-state index contributed by atoms with van der Waals surface area (Å²) >= 11 is 0. The molecule has 0 bridgehead atoms. The van der Waals surface area contributed by atoms with E-state index in [1.807, 2.05) is 0 Å². The first-order valence-electron chi connectivity index (χ1n) is 45.9. The number of anilines is 3. The largest absolute Gasteiger partial charge is 0.456 e. The highest BCUT2D eigenvalue weighted by Crippen LogP contribution is 2.70. The van der Waals surface area contributed by atoms with E-state index >= 15 is 0 Å². The first-order valence-corrected chi connectivity index (χ1v) is 45.9. The van der Waals surface area contributed by atoms with Crippen molar-refractivity contribution in [2.75, 3.05) is 4.90 Å². The molecule has 0 amide bonds. The molecular formula is C116H109NO3. The molecule has 4 aliphatic carbocycles. The van der Waals surface area contributed by atoms with E-state index in [2.05, 4.69) is 330 Å². The molecule has 596 valence electrons. The molecule has 14 aromatic carbocycles. The van der Waals surface area contributed by atoms with Gasteiger partial charge in [-0.05, 0) is 198 Å². The molecule has 4 aliphatic rings. The number of furan rings is 3. The summed E-state index contributed by atoms with van der Waals surface area (Å²) in [6.45, 7) is 9.49. The van der Waals surface area contributed by atoms with Gasteiger partial charge in [0.2, 0.25) is 0 Å². The molecule has 0 atom stereocenters. The third-order valence-corrected chi connectivity index (χ3v) is 29.0. The van der Waals surface area contributed by atoms with Gasteiger partial charge in [0.1, 0.15) is 27.9 Å². The molecule has 3 heterocycles. The Hall–Kier alpha value is -11.7. The zero-order valence-corrected chi connectivity index (χ0v) is 70.4. The van der Waals surface area contributed by atoms with Crippen LogP contribution in [-0.4, -0.2) is 0 Å². The molecule has 21 rings (SSSR count). The van der Waals surface area contributed by atoms with E-state index in [0.717, 1.165) is 111 Å². The average Bonchev–Trinajstić information content (AvgIpc) is 1.47. The van der Waals surface area contributed by atoms with Gasteiger partial charge in [0.05, 0.1) is 16.5 Å². The van der Waals surface area contributed by atoms with Crippen molar-refractivity contribution in [1.82, 2.24) is 0 Å². The van der Waals surface area contributed by atoms with Crippen LogP contribution in [0.5, 0.6) is 0 Å². The van der Waals surface area contributed by atoms with Crippen molar-refractivity contribution in [2.24, 2.45) is 0 Å². The molecule has 4 heteroatoms. The second kappa shape index (κ2) is 31.5. The maximum atomic E-state index is 7.78. The van der Waals surface area contributed by atoms with Crippen LogP contribution in [-0.2, 0) is 21.7 Å². The Morgan fingerprint density at radius 3 is 1.22 bits per heavy atom. The van der Waals surface area contributed by atoms with Crippen molar-refractivity contribution in [3.63, 3.8) is 0 Å². The molecule has 4 nitrogen and oxygen atoms in total. The van der Waals surface area contributed by atoms with E-state index in [1.54, 1.807) is 16.7 Å². The molecule has 0 radical (unpaired) electrons. The fourth-order valence-corrected chi connectivity index (χ4v) is 23.8. The zero-order valence-electron chi connectivity index (χ0n) is 70.4. The van der Waals surface area contributed by atoms with Crippen LogP contribution in [0.2, 0.25) is 0 Å². The van der Waals surface area contributed by atoms with Crippen molar-refractivity contribution in [3.05, 3.63) is 364 Å². The number of rotatable bonds is 31. The lowest BCUT2D eigenvalue weighted by Gasteiger charge is -2.40. The normalized spacial score (nSPS) is 14.6. The second-order valence-corrected chi connectivity index (χ2v) is 35.6. The summed E-state index contributed by atoms with van der Waals surface area (Å²) in [5, 5.41) is 7.02. The second-order valence-electron chi connectivity index (χ2n) is 35.6. The number of para-hydroxylation sites is 4. The highest BCUT2D eigenvalue weighted by Gasteiger charge is 2.56. The Morgan fingerprint density at radius 1 is 0.242 bits per heavy atom. The molecule has 120 heavy (non-hydrogen) atoms. The Bertz CT molecular complexity index is 6580. The lowest BCUT2D eigenvalue weighted by Crippen LogP contribution is -2.33. The molecule has 0 N–H and O–H groups in total. The van der Waals surface area contributed by atoms with Gasteiger partial charge in [-0.25, -0.2) is 0 Å². The number of nitrogens with zero attached hydrogens (tertiary/aromatic N) is 1. The Labute approximate surface area is 708 Å². The van der Waals surface area contributed by atoms with Crippen LogP contribution < -0.4 is 4.90 Å². The minimum atomic E-state index is -0.828. The van der Waals surface area contributed by atoms with Crippen molar-refractivity contribution in [2.45, 2.75) is 203 Å². The molecule has 17 aromatic rings.